The van der Waals surface area contributed by atoms with Gasteiger partial charge in [-0.05, 0) is 24.7 Å². The van der Waals surface area contributed by atoms with Crippen molar-refractivity contribution in [2.45, 2.75) is 32.4 Å². The van der Waals surface area contributed by atoms with E-state index in [9.17, 15) is 19.7 Å². The number of hydrogen-bond donors (Lipinski definition) is 1. The van der Waals surface area contributed by atoms with E-state index < -0.39 is 10.9 Å². The molecule has 1 N–H and O–H groups in total. The Balaban J connectivity index is 1.76. The Bertz CT molecular complexity index is 580. The van der Waals surface area contributed by atoms with Crippen LogP contribution in [0, 0.1) is 10.1 Å². The van der Waals surface area contributed by atoms with E-state index in [2.05, 4.69) is 15.4 Å². The Kier molecular flexibility index (Phi) is 5.44. The summed E-state index contributed by atoms with van der Waals surface area (Å²) in [4.78, 5) is 38.3. The molecule has 0 unspecified atom stereocenters. The number of hydrogen-bond acceptors (Lipinski definition) is 7. The van der Waals surface area contributed by atoms with E-state index in [0.717, 1.165) is 11.0 Å². The van der Waals surface area contributed by atoms with Gasteiger partial charge in [0.25, 0.3) is 0 Å². The van der Waals surface area contributed by atoms with E-state index in [1.807, 2.05) is 0 Å². The molecule has 126 valence electrons. The zero-order chi connectivity index (χ0) is 16.8. The van der Waals surface area contributed by atoms with Crippen LogP contribution in [0.5, 0.6) is 0 Å². The number of amides is 2. The average molecular weight is 326 g/mol. The minimum atomic E-state index is -0.723. The van der Waals surface area contributed by atoms with E-state index in [-0.39, 0.29) is 24.6 Å². The molecule has 1 aliphatic heterocycles. The molecule has 1 fully saturated rings. The van der Waals surface area contributed by atoms with Crippen LogP contribution in [0.4, 0.5) is 10.7 Å². The van der Waals surface area contributed by atoms with E-state index in [1.54, 1.807) is 11.8 Å². The van der Waals surface area contributed by atoms with Gasteiger partial charge in [0.15, 0.2) is 0 Å². The van der Waals surface area contributed by atoms with Gasteiger partial charge in [0.05, 0.1) is 6.61 Å². The highest BCUT2D eigenvalue weighted by molar-refractivity contribution is 5.76. The summed E-state index contributed by atoms with van der Waals surface area (Å²) in [5.41, 5.74) is 0. The van der Waals surface area contributed by atoms with Gasteiger partial charge in [0.1, 0.15) is 6.54 Å². The molecule has 0 spiro atoms. The fourth-order valence-electron chi connectivity index (χ4n) is 2.29. The van der Waals surface area contributed by atoms with Gasteiger partial charge in [-0.2, -0.15) is 4.68 Å². The monoisotopic (exact) mass is 326 g/mol. The van der Waals surface area contributed by atoms with Crippen LogP contribution >= 0.6 is 0 Å². The first-order chi connectivity index (χ1) is 11.0. The van der Waals surface area contributed by atoms with Crippen molar-refractivity contribution in [3.63, 3.8) is 0 Å². The van der Waals surface area contributed by atoms with Crippen LogP contribution in [0.1, 0.15) is 19.8 Å². The third-order valence-corrected chi connectivity index (χ3v) is 3.38. The van der Waals surface area contributed by atoms with Gasteiger partial charge in [-0.3, -0.25) is 4.79 Å². The van der Waals surface area contributed by atoms with Crippen LogP contribution < -0.4 is 5.32 Å². The van der Waals surface area contributed by atoms with Gasteiger partial charge >= 0.3 is 12.0 Å². The normalized spacial score (nSPS) is 15.3. The van der Waals surface area contributed by atoms with E-state index in [1.165, 1.54) is 0 Å². The van der Waals surface area contributed by atoms with Crippen molar-refractivity contribution in [2.24, 2.45) is 0 Å². The molecular weight excluding hydrogens is 308 g/mol. The Morgan fingerprint density at radius 3 is 2.74 bits per heavy atom. The minimum absolute atomic E-state index is 0.0494. The highest BCUT2D eigenvalue weighted by atomic mass is 16.6. The van der Waals surface area contributed by atoms with Crippen LogP contribution in [0.3, 0.4) is 0 Å². The zero-order valence-corrected chi connectivity index (χ0v) is 12.7. The number of ether oxygens (including phenoxy) is 1. The van der Waals surface area contributed by atoms with Crippen LogP contribution in [0.2, 0.25) is 0 Å². The van der Waals surface area contributed by atoms with Gasteiger partial charge in [-0.15, -0.1) is 0 Å². The summed E-state index contributed by atoms with van der Waals surface area (Å²) in [6, 6.07) is -0.0494. The molecule has 11 nitrogen and oxygen atoms in total. The molecule has 0 saturated carbocycles. The Morgan fingerprint density at radius 2 is 2.17 bits per heavy atom. The number of nitrogens with one attached hydrogen (secondary N) is 1. The molecule has 0 bridgehead atoms. The van der Waals surface area contributed by atoms with Crippen molar-refractivity contribution in [1.29, 1.82) is 0 Å². The third kappa shape index (κ3) is 4.63. The molecule has 1 aliphatic rings. The van der Waals surface area contributed by atoms with E-state index in [4.69, 9.17) is 4.74 Å². The van der Waals surface area contributed by atoms with Gasteiger partial charge in [-0.25, -0.2) is 4.79 Å². The average Bonchev–Trinajstić information content (AvgIpc) is 2.96. The Labute approximate surface area is 131 Å². The first-order valence-electron chi connectivity index (χ1n) is 7.24. The smallest absolute Gasteiger partial charge is 0.450 e. The maximum absolute atomic E-state index is 11.9. The largest absolute Gasteiger partial charge is 0.490 e. The molecule has 0 aliphatic carbocycles. The van der Waals surface area contributed by atoms with Crippen molar-refractivity contribution in [3.8, 4) is 0 Å². The molecule has 1 saturated heterocycles. The molecule has 11 heteroatoms. The second-order valence-electron chi connectivity index (χ2n) is 5.03. The third-order valence-electron chi connectivity index (χ3n) is 3.38. The summed E-state index contributed by atoms with van der Waals surface area (Å²) >= 11 is 0. The molecule has 0 atom stereocenters. The molecule has 2 heterocycles. The van der Waals surface area contributed by atoms with Gasteiger partial charge in [0.2, 0.25) is 12.2 Å². The van der Waals surface area contributed by atoms with Gasteiger partial charge < -0.3 is 25.1 Å². The summed E-state index contributed by atoms with van der Waals surface area (Å²) < 4.78 is 6.04. The van der Waals surface area contributed by atoms with Gasteiger partial charge in [-0.1, -0.05) is 4.98 Å². The number of carbonyl (C=O) groups is 2. The van der Waals surface area contributed by atoms with E-state index >= 15 is 0 Å². The summed E-state index contributed by atoms with van der Waals surface area (Å²) in [5.74, 6) is -0.847. The topological polar surface area (TPSA) is 132 Å². The first-order valence-corrected chi connectivity index (χ1v) is 7.24. The number of nitro groups is 1. The van der Waals surface area contributed by atoms with Crippen molar-refractivity contribution < 1.29 is 19.2 Å². The number of likely N-dealkylation sites (tertiary alicyclic amines) is 1. The fourth-order valence-corrected chi connectivity index (χ4v) is 2.29. The molecule has 1 aromatic heterocycles. The van der Waals surface area contributed by atoms with E-state index in [0.29, 0.717) is 32.5 Å². The summed E-state index contributed by atoms with van der Waals surface area (Å²) in [6.45, 7) is 2.97. The Hall–Kier alpha value is -2.72. The van der Waals surface area contributed by atoms with Crippen molar-refractivity contribution in [3.05, 3.63) is 16.4 Å². The maximum atomic E-state index is 11.9. The van der Waals surface area contributed by atoms with Crippen LogP contribution in [-0.4, -0.2) is 62.3 Å². The number of carbonyl (C=O) groups excluding carboxylic acids is 2. The lowest BCUT2D eigenvalue weighted by molar-refractivity contribution is -0.394. The second kappa shape index (κ2) is 7.51. The number of piperidine rings is 1. The zero-order valence-electron chi connectivity index (χ0n) is 12.7. The predicted octanol–water partition coefficient (Wildman–Crippen LogP) is -0.0766. The molecule has 1 aromatic rings. The number of aromatic nitrogens is 3. The number of rotatable bonds is 5. The summed E-state index contributed by atoms with van der Waals surface area (Å²) in [5, 5.41) is 16.9. The lowest BCUT2D eigenvalue weighted by Gasteiger charge is -2.31. The maximum Gasteiger partial charge on any atom is 0.490 e. The lowest BCUT2D eigenvalue weighted by atomic mass is 10.1. The predicted molar refractivity (Wildman–Crippen MR) is 76.4 cm³/mol. The van der Waals surface area contributed by atoms with Crippen LogP contribution in [-0.2, 0) is 16.1 Å². The lowest BCUT2D eigenvalue weighted by Crippen LogP contribution is -2.47. The second-order valence-corrected chi connectivity index (χ2v) is 5.03. The molecule has 2 amide bonds. The van der Waals surface area contributed by atoms with Crippen LogP contribution in [0.25, 0.3) is 0 Å². The summed E-state index contributed by atoms with van der Waals surface area (Å²) in [7, 11) is 0. The quantitative estimate of drug-likeness (QED) is 0.591. The van der Waals surface area contributed by atoms with Crippen LogP contribution in [0.15, 0.2) is 6.33 Å². The minimum Gasteiger partial charge on any atom is -0.450 e. The Morgan fingerprint density at radius 1 is 1.48 bits per heavy atom. The highest BCUT2D eigenvalue weighted by Crippen LogP contribution is 2.11. The van der Waals surface area contributed by atoms with Crippen molar-refractivity contribution >= 4 is 17.9 Å². The molecule has 23 heavy (non-hydrogen) atoms. The number of nitrogens with zero attached hydrogens (tertiary/aromatic N) is 5. The van der Waals surface area contributed by atoms with Crippen molar-refractivity contribution in [2.75, 3.05) is 19.7 Å². The van der Waals surface area contributed by atoms with Crippen molar-refractivity contribution in [1.82, 2.24) is 25.0 Å². The molecular formula is C12H18N6O5. The highest BCUT2D eigenvalue weighted by Gasteiger charge is 2.25. The fraction of sp³-hybridized carbons (Fsp3) is 0.667. The van der Waals surface area contributed by atoms with Gasteiger partial charge in [0, 0.05) is 24.2 Å². The SMILES string of the molecule is CCOC(=O)N1CCC(NC(=O)Cn2cnc([N+](=O)[O-])n2)CC1. The molecule has 2 rings (SSSR count). The molecule has 0 radical (unpaired) electrons. The molecule has 0 aromatic carbocycles. The first kappa shape index (κ1) is 16.6. The summed E-state index contributed by atoms with van der Waals surface area (Å²) in [6.07, 6.45) is 2.05. The standard InChI is InChI=1S/C12H18N6O5/c1-2-23-12(20)16-5-3-9(4-6-16)14-10(19)7-17-8-13-11(15-17)18(21)22/h8-9H,2-7H2,1H3,(H,14,19).